The van der Waals surface area contributed by atoms with Crippen molar-refractivity contribution in [2.75, 3.05) is 12.3 Å². The second-order valence-corrected chi connectivity index (χ2v) is 4.76. The number of aromatic nitrogens is 1. The van der Waals surface area contributed by atoms with Crippen molar-refractivity contribution >= 4 is 28.3 Å². The summed E-state index contributed by atoms with van der Waals surface area (Å²) in [4.78, 5) is 26.4. The average molecular weight is 259 g/mol. The van der Waals surface area contributed by atoms with E-state index in [1.54, 1.807) is 6.92 Å². The summed E-state index contributed by atoms with van der Waals surface area (Å²) in [6, 6.07) is 0. The summed E-state index contributed by atoms with van der Waals surface area (Å²) in [5.74, 6) is -1.91. The van der Waals surface area contributed by atoms with Gasteiger partial charge < -0.3 is 21.3 Å². The fraction of sp³-hybridized carbons (Fsp3) is 0.444. The second kappa shape index (κ2) is 4.68. The van der Waals surface area contributed by atoms with Crippen LogP contribution in [-0.2, 0) is 4.79 Å². The number of carbonyl (C=O) groups is 2. The first kappa shape index (κ1) is 13.4. The zero-order valence-electron chi connectivity index (χ0n) is 9.35. The Bertz CT molecular complexity index is 455. The van der Waals surface area contributed by atoms with Crippen molar-refractivity contribution in [1.29, 1.82) is 0 Å². The van der Waals surface area contributed by atoms with Crippen molar-refractivity contribution in [2.24, 2.45) is 0 Å². The van der Waals surface area contributed by atoms with Crippen molar-refractivity contribution in [3.05, 3.63) is 10.6 Å². The molecule has 0 bridgehead atoms. The first-order valence-corrected chi connectivity index (χ1v) is 5.52. The second-order valence-electron chi connectivity index (χ2n) is 3.73. The number of nitrogen functional groups attached to an aromatic ring is 1. The standard InChI is InChI=1S/C9H13N3O4S/c1-4-5(17-8(10)12-4)6(13)11-3-9(2,16)7(14)15/h16H,3H2,1-2H3,(H2,10,12)(H,11,13)(H,14,15). The van der Waals surface area contributed by atoms with E-state index in [9.17, 15) is 14.7 Å². The van der Waals surface area contributed by atoms with Crippen LogP contribution in [0.5, 0.6) is 0 Å². The van der Waals surface area contributed by atoms with E-state index in [0.717, 1.165) is 18.3 Å². The summed E-state index contributed by atoms with van der Waals surface area (Å²) in [5, 5.41) is 20.6. The molecule has 1 unspecified atom stereocenters. The number of anilines is 1. The molecule has 0 aliphatic heterocycles. The number of aliphatic hydroxyl groups is 1. The van der Waals surface area contributed by atoms with Gasteiger partial charge >= 0.3 is 5.97 Å². The number of hydrogen-bond donors (Lipinski definition) is 4. The van der Waals surface area contributed by atoms with E-state index in [1.165, 1.54) is 0 Å². The van der Waals surface area contributed by atoms with Gasteiger partial charge in [-0.3, -0.25) is 4.79 Å². The molecule has 0 aliphatic carbocycles. The van der Waals surface area contributed by atoms with Crippen LogP contribution in [0.4, 0.5) is 5.13 Å². The van der Waals surface area contributed by atoms with E-state index in [1.807, 2.05) is 0 Å². The molecule has 7 nitrogen and oxygen atoms in total. The molecule has 1 aromatic heterocycles. The summed E-state index contributed by atoms with van der Waals surface area (Å²) in [6.07, 6.45) is 0. The molecule has 17 heavy (non-hydrogen) atoms. The zero-order valence-corrected chi connectivity index (χ0v) is 10.2. The molecule has 0 saturated carbocycles. The number of rotatable bonds is 4. The number of nitrogens with zero attached hydrogens (tertiary/aromatic N) is 1. The van der Waals surface area contributed by atoms with Crippen LogP contribution in [0.15, 0.2) is 0 Å². The highest BCUT2D eigenvalue weighted by atomic mass is 32.1. The van der Waals surface area contributed by atoms with Gasteiger partial charge in [0.05, 0.1) is 12.2 Å². The summed E-state index contributed by atoms with van der Waals surface area (Å²) in [6.45, 7) is 2.33. The van der Waals surface area contributed by atoms with Gasteiger partial charge in [0.1, 0.15) is 4.88 Å². The van der Waals surface area contributed by atoms with Gasteiger partial charge in [0.25, 0.3) is 5.91 Å². The van der Waals surface area contributed by atoms with Crippen LogP contribution >= 0.6 is 11.3 Å². The normalized spacial score (nSPS) is 14.1. The van der Waals surface area contributed by atoms with Crippen molar-refractivity contribution in [3.8, 4) is 0 Å². The highest BCUT2D eigenvalue weighted by Crippen LogP contribution is 2.19. The summed E-state index contributed by atoms with van der Waals surface area (Å²) < 4.78 is 0. The molecule has 0 spiro atoms. The average Bonchev–Trinajstić information content (AvgIpc) is 2.54. The lowest BCUT2D eigenvalue weighted by molar-refractivity contribution is -0.155. The quantitative estimate of drug-likeness (QED) is 0.583. The fourth-order valence-corrected chi connectivity index (χ4v) is 1.79. The predicted molar refractivity (Wildman–Crippen MR) is 61.9 cm³/mol. The molecule has 5 N–H and O–H groups in total. The minimum atomic E-state index is -2.00. The third kappa shape index (κ3) is 3.14. The molecular formula is C9H13N3O4S. The number of aryl methyl sites for hydroxylation is 1. The van der Waals surface area contributed by atoms with Crippen LogP contribution in [0.1, 0.15) is 22.3 Å². The Morgan fingerprint density at radius 2 is 2.18 bits per heavy atom. The Balaban J connectivity index is 2.68. The minimum Gasteiger partial charge on any atom is -0.479 e. The monoisotopic (exact) mass is 259 g/mol. The van der Waals surface area contributed by atoms with E-state index in [0.29, 0.717) is 10.6 Å². The Morgan fingerprint density at radius 3 is 2.59 bits per heavy atom. The van der Waals surface area contributed by atoms with Crippen LogP contribution in [0.25, 0.3) is 0 Å². The first-order valence-electron chi connectivity index (χ1n) is 4.71. The topological polar surface area (TPSA) is 126 Å². The molecule has 1 aromatic rings. The van der Waals surface area contributed by atoms with E-state index in [-0.39, 0.29) is 5.13 Å². The largest absolute Gasteiger partial charge is 0.479 e. The molecule has 1 atom stereocenters. The van der Waals surface area contributed by atoms with Gasteiger partial charge in [-0.2, -0.15) is 0 Å². The van der Waals surface area contributed by atoms with Crippen LogP contribution in [-0.4, -0.2) is 39.2 Å². The van der Waals surface area contributed by atoms with Crippen LogP contribution in [0, 0.1) is 6.92 Å². The summed E-state index contributed by atoms with van der Waals surface area (Å²) >= 11 is 1.01. The maximum Gasteiger partial charge on any atom is 0.337 e. The number of hydrogen-bond acceptors (Lipinski definition) is 6. The number of thiazole rings is 1. The fourth-order valence-electron chi connectivity index (χ4n) is 1.04. The Kier molecular flexibility index (Phi) is 3.69. The Hall–Kier alpha value is -1.67. The van der Waals surface area contributed by atoms with Crippen LogP contribution < -0.4 is 11.1 Å². The number of carboxylic acid groups (broad SMARTS) is 1. The molecule has 0 saturated heterocycles. The molecule has 0 aromatic carbocycles. The van der Waals surface area contributed by atoms with Crippen molar-refractivity contribution in [1.82, 2.24) is 10.3 Å². The molecule has 94 valence electrons. The molecule has 1 amide bonds. The summed E-state index contributed by atoms with van der Waals surface area (Å²) in [5.41, 5.74) is 3.90. The maximum absolute atomic E-state index is 11.6. The lowest BCUT2D eigenvalue weighted by Crippen LogP contribution is -2.46. The highest BCUT2D eigenvalue weighted by molar-refractivity contribution is 7.17. The van der Waals surface area contributed by atoms with Crippen LogP contribution in [0.3, 0.4) is 0 Å². The number of carbonyl (C=O) groups excluding carboxylic acids is 1. The molecule has 8 heteroatoms. The molecule has 1 rings (SSSR count). The zero-order chi connectivity index (χ0) is 13.2. The van der Waals surface area contributed by atoms with E-state index >= 15 is 0 Å². The van der Waals surface area contributed by atoms with E-state index < -0.39 is 24.0 Å². The van der Waals surface area contributed by atoms with Gasteiger partial charge in [0, 0.05) is 0 Å². The van der Waals surface area contributed by atoms with Gasteiger partial charge in [-0.1, -0.05) is 11.3 Å². The number of nitrogens with one attached hydrogen (secondary N) is 1. The van der Waals surface area contributed by atoms with Gasteiger partial charge in [0.15, 0.2) is 10.7 Å². The molecule has 0 radical (unpaired) electrons. The maximum atomic E-state index is 11.6. The van der Waals surface area contributed by atoms with Gasteiger partial charge in [0.2, 0.25) is 0 Å². The lowest BCUT2D eigenvalue weighted by atomic mass is 10.1. The smallest absolute Gasteiger partial charge is 0.337 e. The SMILES string of the molecule is Cc1nc(N)sc1C(=O)NCC(C)(O)C(=O)O. The van der Waals surface area contributed by atoms with Crippen molar-refractivity contribution in [3.63, 3.8) is 0 Å². The highest BCUT2D eigenvalue weighted by Gasteiger charge is 2.30. The number of nitrogens with two attached hydrogens (primary N) is 1. The Morgan fingerprint density at radius 1 is 1.59 bits per heavy atom. The predicted octanol–water partition coefficient (Wildman–Crippen LogP) is -0.401. The van der Waals surface area contributed by atoms with Gasteiger partial charge in [-0.15, -0.1) is 0 Å². The summed E-state index contributed by atoms with van der Waals surface area (Å²) in [7, 11) is 0. The number of aliphatic carboxylic acids is 1. The minimum absolute atomic E-state index is 0.262. The van der Waals surface area contributed by atoms with Crippen molar-refractivity contribution < 1.29 is 19.8 Å². The lowest BCUT2D eigenvalue weighted by Gasteiger charge is -2.17. The first-order chi connectivity index (χ1) is 7.74. The van der Waals surface area contributed by atoms with E-state index in [2.05, 4.69) is 10.3 Å². The number of amides is 1. The van der Waals surface area contributed by atoms with Gasteiger partial charge in [-0.05, 0) is 13.8 Å². The van der Waals surface area contributed by atoms with Gasteiger partial charge in [-0.25, -0.2) is 9.78 Å². The van der Waals surface area contributed by atoms with E-state index in [4.69, 9.17) is 10.8 Å². The molecule has 0 aliphatic rings. The Labute approximate surface area is 101 Å². The van der Waals surface area contributed by atoms with Crippen LogP contribution in [0.2, 0.25) is 0 Å². The third-order valence-corrected chi connectivity index (χ3v) is 3.06. The third-order valence-electron chi connectivity index (χ3n) is 2.07. The molecule has 0 fully saturated rings. The number of carboxylic acids is 1. The molecule has 1 heterocycles. The molecular weight excluding hydrogens is 246 g/mol. The van der Waals surface area contributed by atoms with Crippen molar-refractivity contribution in [2.45, 2.75) is 19.4 Å².